The Morgan fingerprint density at radius 1 is 1.50 bits per heavy atom. The fourth-order valence-electron chi connectivity index (χ4n) is 3.05. The SMILES string of the molecule is CC(=O)NC1CCN(C(c2cnn(C)c2)C(C)N)CC1. The molecule has 0 aliphatic carbocycles. The number of nitrogens with zero attached hydrogens (tertiary/aromatic N) is 3. The molecule has 1 amide bonds. The Balaban J connectivity index is 2.00. The van der Waals surface area contributed by atoms with Crippen LogP contribution < -0.4 is 11.1 Å². The Bertz CT molecular complexity index is 448. The molecular weight excluding hydrogens is 254 g/mol. The molecule has 0 radical (unpaired) electrons. The van der Waals surface area contributed by atoms with E-state index in [1.54, 1.807) is 6.92 Å². The quantitative estimate of drug-likeness (QED) is 0.837. The second kappa shape index (κ2) is 6.37. The van der Waals surface area contributed by atoms with E-state index < -0.39 is 0 Å². The zero-order chi connectivity index (χ0) is 14.7. The number of rotatable bonds is 4. The lowest BCUT2D eigenvalue weighted by Gasteiger charge is -2.39. The number of nitrogens with two attached hydrogens (primary N) is 1. The van der Waals surface area contributed by atoms with E-state index >= 15 is 0 Å². The summed E-state index contributed by atoms with van der Waals surface area (Å²) in [4.78, 5) is 13.5. The van der Waals surface area contributed by atoms with Crippen LogP contribution >= 0.6 is 0 Å². The van der Waals surface area contributed by atoms with E-state index in [-0.39, 0.29) is 18.0 Å². The van der Waals surface area contributed by atoms with Crippen molar-refractivity contribution in [1.82, 2.24) is 20.0 Å². The highest BCUT2D eigenvalue weighted by Gasteiger charge is 2.29. The van der Waals surface area contributed by atoms with Gasteiger partial charge in [-0.05, 0) is 19.8 Å². The number of carbonyl (C=O) groups excluding carboxylic acids is 1. The normalized spacial score (nSPS) is 20.6. The van der Waals surface area contributed by atoms with Crippen LogP contribution in [0.15, 0.2) is 12.4 Å². The molecule has 1 saturated heterocycles. The smallest absolute Gasteiger partial charge is 0.217 e. The highest BCUT2D eigenvalue weighted by atomic mass is 16.1. The predicted octanol–water partition coefficient (Wildman–Crippen LogP) is 0.409. The summed E-state index contributed by atoms with van der Waals surface area (Å²) in [6.07, 6.45) is 5.88. The van der Waals surface area contributed by atoms with Crippen LogP contribution in [0.5, 0.6) is 0 Å². The van der Waals surface area contributed by atoms with Gasteiger partial charge in [-0.3, -0.25) is 14.4 Å². The molecular formula is C14H25N5O. The molecule has 112 valence electrons. The standard InChI is InChI=1S/C14H25N5O/c1-10(15)14(12-8-16-18(3)9-12)19-6-4-13(5-7-19)17-11(2)20/h8-10,13-14H,4-7,15H2,1-3H3,(H,17,20). The minimum atomic E-state index is 0.0523. The minimum Gasteiger partial charge on any atom is -0.354 e. The van der Waals surface area contributed by atoms with Gasteiger partial charge < -0.3 is 11.1 Å². The molecule has 1 aromatic rings. The lowest BCUT2D eigenvalue weighted by molar-refractivity contribution is -0.120. The molecule has 6 heteroatoms. The average Bonchev–Trinajstić information content (AvgIpc) is 2.77. The van der Waals surface area contributed by atoms with Crippen molar-refractivity contribution in [2.75, 3.05) is 13.1 Å². The molecule has 2 unspecified atom stereocenters. The van der Waals surface area contributed by atoms with Crippen LogP contribution in [-0.4, -0.2) is 45.8 Å². The van der Waals surface area contributed by atoms with E-state index in [1.165, 1.54) is 5.56 Å². The third kappa shape index (κ3) is 3.58. The molecule has 2 atom stereocenters. The highest BCUT2D eigenvalue weighted by molar-refractivity contribution is 5.73. The number of likely N-dealkylation sites (tertiary alicyclic amines) is 1. The van der Waals surface area contributed by atoms with Gasteiger partial charge >= 0.3 is 0 Å². The number of aryl methyl sites for hydroxylation is 1. The summed E-state index contributed by atoms with van der Waals surface area (Å²) in [5.41, 5.74) is 7.34. The number of amides is 1. The van der Waals surface area contributed by atoms with Crippen molar-refractivity contribution in [2.45, 2.75) is 44.8 Å². The lowest BCUT2D eigenvalue weighted by Crippen LogP contribution is -2.48. The predicted molar refractivity (Wildman–Crippen MR) is 78.0 cm³/mol. The molecule has 2 rings (SSSR count). The monoisotopic (exact) mass is 279 g/mol. The molecule has 0 bridgehead atoms. The van der Waals surface area contributed by atoms with E-state index in [9.17, 15) is 4.79 Å². The number of aromatic nitrogens is 2. The molecule has 1 aliphatic rings. The van der Waals surface area contributed by atoms with Gasteiger partial charge in [0.2, 0.25) is 5.91 Å². The molecule has 0 spiro atoms. The fourth-order valence-corrected chi connectivity index (χ4v) is 3.05. The number of piperidine rings is 1. The zero-order valence-corrected chi connectivity index (χ0v) is 12.5. The topological polar surface area (TPSA) is 76.2 Å². The van der Waals surface area contributed by atoms with Crippen LogP contribution in [-0.2, 0) is 11.8 Å². The highest BCUT2D eigenvalue weighted by Crippen LogP contribution is 2.26. The summed E-state index contributed by atoms with van der Waals surface area (Å²) in [5.74, 6) is 0.0550. The molecule has 1 fully saturated rings. The Labute approximate surface area is 120 Å². The summed E-state index contributed by atoms with van der Waals surface area (Å²) in [6, 6.07) is 0.546. The van der Waals surface area contributed by atoms with Crippen LogP contribution in [0.25, 0.3) is 0 Å². The molecule has 0 aromatic carbocycles. The molecule has 20 heavy (non-hydrogen) atoms. The summed E-state index contributed by atoms with van der Waals surface area (Å²) in [6.45, 7) is 5.52. The van der Waals surface area contributed by atoms with Crippen LogP contribution in [0.1, 0.15) is 38.3 Å². The maximum absolute atomic E-state index is 11.1. The third-order valence-corrected chi connectivity index (χ3v) is 3.89. The molecule has 0 saturated carbocycles. The van der Waals surface area contributed by atoms with Gasteiger partial charge in [0.15, 0.2) is 0 Å². The second-order valence-corrected chi connectivity index (χ2v) is 5.76. The Hall–Kier alpha value is -1.40. The second-order valence-electron chi connectivity index (χ2n) is 5.76. The fraction of sp³-hybridized carbons (Fsp3) is 0.714. The first-order valence-corrected chi connectivity index (χ1v) is 7.22. The average molecular weight is 279 g/mol. The number of hydrogen-bond acceptors (Lipinski definition) is 4. The first kappa shape index (κ1) is 15.0. The minimum absolute atomic E-state index is 0.0523. The van der Waals surface area contributed by atoms with Crippen molar-refractivity contribution in [1.29, 1.82) is 0 Å². The third-order valence-electron chi connectivity index (χ3n) is 3.89. The Morgan fingerprint density at radius 2 is 2.15 bits per heavy atom. The first-order chi connectivity index (χ1) is 9.47. The van der Waals surface area contributed by atoms with E-state index in [2.05, 4.69) is 15.3 Å². The van der Waals surface area contributed by atoms with Gasteiger partial charge in [0.05, 0.1) is 12.2 Å². The van der Waals surface area contributed by atoms with Crippen LogP contribution in [0.4, 0.5) is 0 Å². The van der Waals surface area contributed by atoms with Crippen molar-refractivity contribution in [3.05, 3.63) is 18.0 Å². The number of hydrogen-bond donors (Lipinski definition) is 2. The maximum atomic E-state index is 11.1. The van der Waals surface area contributed by atoms with E-state index in [0.29, 0.717) is 6.04 Å². The van der Waals surface area contributed by atoms with Crippen molar-refractivity contribution < 1.29 is 4.79 Å². The van der Waals surface area contributed by atoms with Gasteiger partial charge in [-0.2, -0.15) is 5.10 Å². The maximum Gasteiger partial charge on any atom is 0.217 e. The van der Waals surface area contributed by atoms with Gasteiger partial charge in [-0.1, -0.05) is 0 Å². The first-order valence-electron chi connectivity index (χ1n) is 7.22. The van der Waals surface area contributed by atoms with Crippen molar-refractivity contribution >= 4 is 5.91 Å². The van der Waals surface area contributed by atoms with Gasteiger partial charge in [0.25, 0.3) is 0 Å². The summed E-state index contributed by atoms with van der Waals surface area (Å²) < 4.78 is 1.81. The lowest BCUT2D eigenvalue weighted by atomic mass is 9.97. The number of nitrogens with one attached hydrogen (secondary N) is 1. The van der Waals surface area contributed by atoms with E-state index in [0.717, 1.165) is 25.9 Å². The van der Waals surface area contributed by atoms with E-state index in [1.807, 2.05) is 31.0 Å². The largest absolute Gasteiger partial charge is 0.354 e. The van der Waals surface area contributed by atoms with Crippen molar-refractivity contribution in [3.63, 3.8) is 0 Å². The van der Waals surface area contributed by atoms with Gasteiger partial charge in [-0.25, -0.2) is 0 Å². The van der Waals surface area contributed by atoms with Crippen LogP contribution in [0, 0.1) is 0 Å². The van der Waals surface area contributed by atoms with Crippen LogP contribution in [0.3, 0.4) is 0 Å². The van der Waals surface area contributed by atoms with Gasteiger partial charge in [0, 0.05) is 50.9 Å². The van der Waals surface area contributed by atoms with Gasteiger partial charge in [0.1, 0.15) is 0 Å². The molecule has 6 nitrogen and oxygen atoms in total. The molecule has 2 heterocycles. The summed E-state index contributed by atoms with van der Waals surface area (Å²) in [5, 5.41) is 7.25. The number of carbonyl (C=O) groups is 1. The van der Waals surface area contributed by atoms with E-state index in [4.69, 9.17) is 5.73 Å². The van der Waals surface area contributed by atoms with Crippen molar-refractivity contribution in [3.8, 4) is 0 Å². The Kier molecular flexibility index (Phi) is 4.77. The van der Waals surface area contributed by atoms with Gasteiger partial charge in [-0.15, -0.1) is 0 Å². The summed E-state index contributed by atoms with van der Waals surface area (Å²) >= 11 is 0. The zero-order valence-electron chi connectivity index (χ0n) is 12.5. The Morgan fingerprint density at radius 3 is 2.60 bits per heavy atom. The molecule has 1 aliphatic heterocycles. The molecule has 1 aromatic heterocycles. The van der Waals surface area contributed by atoms with Crippen molar-refractivity contribution in [2.24, 2.45) is 12.8 Å². The molecule has 3 N–H and O–H groups in total. The summed E-state index contributed by atoms with van der Waals surface area (Å²) in [7, 11) is 1.92. The van der Waals surface area contributed by atoms with Crippen LogP contribution in [0.2, 0.25) is 0 Å².